The highest BCUT2D eigenvalue weighted by Crippen LogP contribution is 2.56. The predicted octanol–water partition coefficient (Wildman–Crippen LogP) is 18.1. The molecule has 0 amide bonds. The summed E-state index contributed by atoms with van der Waals surface area (Å²) in [4.78, 5) is 0. The van der Waals surface area contributed by atoms with Crippen LogP contribution in [0, 0.1) is 0 Å². The third kappa shape index (κ3) is 7.25. The molecule has 0 saturated heterocycles. The molecule has 0 saturated carbocycles. The van der Waals surface area contributed by atoms with Gasteiger partial charge in [-0.3, -0.25) is 0 Å². The molecule has 1 aromatic heterocycles. The van der Waals surface area contributed by atoms with Crippen LogP contribution >= 0.6 is 0 Å². The summed E-state index contributed by atoms with van der Waals surface area (Å²) >= 11 is 0. The van der Waals surface area contributed by atoms with Crippen LogP contribution in [0.2, 0.25) is 0 Å². The second kappa shape index (κ2) is 17.5. The van der Waals surface area contributed by atoms with E-state index in [-0.39, 0.29) is 0 Å². The van der Waals surface area contributed by atoms with E-state index in [1.165, 1.54) is 99.6 Å². The van der Waals surface area contributed by atoms with Crippen LogP contribution in [0.3, 0.4) is 0 Å². The maximum absolute atomic E-state index is 6.28. The van der Waals surface area contributed by atoms with Gasteiger partial charge in [-0.25, -0.2) is 0 Å². The van der Waals surface area contributed by atoms with Crippen LogP contribution in [0.1, 0.15) is 51.3 Å². The van der Waals surface area contributed by atoms with Crippen LogP contribution in [0.5, 0.6) is 0 Å². The molecule has 70 heavy (non-hydrogen) atoms. The van der Waals surface area contributed by atoms with Gasteiger partial charge in [-0.15, -0.1) is 0 Å². The van der Waals surface area contributed by atoms with E-state index in [1.54, 1.807) is 0 Å². The summed E-state index contributed by atoms with van der Waals surface area (Å²) in [7, 11) is 0. The van der Waals surface area contributed by atoms with Crippen LogP contribution in [-0.4, -0.2) is 0 Å². The van der Waals surface area contributed by atoms with E-state index in [1.807, 2.05) is 0 Å². The Kier molecular flexibility index (Phi) is 10.4. The number of aryl methyl sites for hydroxylation is 1. The molecule has 11 aromatic carbocycles. The highest BCUT2D eigenvalue weighted by molar-refractivity contribution is 6.19. The quantitative estimate of drug-likeness (QED) is 0.126. The van der Waals surface area contributed by atoms with Crippen LogP contribution in [0.4, 0.5) is 0 Å². The van der Waals surface area contributed by atoms with Crippen molar-refractivity contribution in [2.45, 2.75) is 30.6 Å². The Morgan fingerprint density at radius 3 is 1.60 bits per heavy atom. The highest BCUT2D eigenvalue weighted by Gasteiger charge is 2.46. The highest BCUT2D eigenvalue weighted by atomic mass is 16.3. The van der Waals surface area contributed by atoms with Crippen LogP contribution in [0.25, 0.3) is 77.2 Å². The van der Waals surface area contributed by atoms with Gasteiger partial charge in [0.05, 0.1) is 5.41 Å². The summed E-state index contributed by atoms with van der Waals surface area (Å²) in [5.74, 6) is 0.375. The summed E-state index contributed by atoms with van der Waals surface area (Å²) in [6, 6.07) is 96.3. The fourth-order valence-electron chi connectivity index (χ4n) is 11.6. The lowest BCUT2D eigenvalue weighted by atomic mass is 9.67. The smallest absolute Gasteiger partial charge is 0.136 e. The fraction of sp³-hybridized carbons (Fsp3) is 0.0725. The van der Waals surface area contributed by atoms with Gasteiger partial charge in [-0.2, -0.15) is 0 Å². The van der Waals surface area contributed by atoms with Gasteiger partial charge in [0.15, 0.2) is 0 Å². The Morgan fingerprint density at radius 1 is 0.357 bits per heavy atom. The fourth-order valence-corrected chi connectivity index (χ4v) is 11.6. The average molecular weight is 895 g/mol. The minimum atomic E-state index is -0.419. The second-order valence-corrected chi connectivity index (χ2v) is 19.1. The van der Waals surface area contributed by atoms with Crippen molar-refractivity contribution in [3.63, 3.8) is 0 Å². The van der Waals surface area contributed by atoms with Crippen LogP contribution in [-0.2, 0) is 18.3 Å². The predicted molar refractivity (Wildman–Crippen MR) is 292 cm³/mol. The molecule has 0 radical (unpaired) electrons. The maximum atomic E-state index is 6.28. The summed E-state index contributed by atoms with van der Waals surface area (Å²) < 4.78 is 6.28. The Morgan fingerprint density at radius 2 is 0.886 bits per heavy atom. The first-order valence-electron chi connectivity index (χ1n) is 24.7. The van der Waals surface area contributed by atoms with Gasteiger partial charge in [0.25, 0.3) is 0 Å². The van der Waals surface area contributed by atoms with Crippen molar-refractivity contribution in [1.82, 2.24) is 0 Å². The maximum Gasteiger partial charge on any atom is 0.136 e. The van der Waals surface area contributed by atoms with Crippen LogP contribution in [0.15, 0.2) is 265 Å². The van der Waals surface area contributed by atoms with Crippen molar-refractivity contribution in [3.05, 3.63) is 300 Å². The zero-order chi connectivity index (χ0) is 46.4. The molecule has 0 aliphatic heterocycles. The molecule has 1 atom stereocenters. The van der Waals surface area contributed by atoms with Gasteiger partial charge >= 0.3 is 0 Å². The number of hydrogen-bond donors (Lipinski definition) is 0. The molecular weight excluding hydrogens is 845 g/mol. The average Bonchev–Trinajstić information content (AvgIpc) is 3.97. The zero-order valence-corrected chi connectivity index (χ0v) is 38.9. The van der Waals surface area contributed by atoms with Crippen molar-refractivity contribution in [2.24, 2.45) is 0 Å². The SMILES string of the molecule is c1ccc(CC(CCc2ccc(-c3ccc(-c4ccc5oc6ccc7ccccc7c6c5c4)cc3)cc2)c2ccc(-c3ccc4c(c3)C(c3ccccc3)(c3ccccc3)c3ccccc3-4)cc2)cc1. The van der Waals surface area contributed by atoms with Gasteiger partial charge in [0, 0.05) is 10.8 Å². The summed E-state index contributed by atoms with van der Waals surface area (Å²) in [6.45, 7) is 0. The molecule has 332 valence electrons. The minimum Gasteiger partial charge on any atom is -0.456 e. The first kappa shape index (κ1) is 41.7. The van der Waals surface area contributed by atoms with E-state index in [0.717, 1.165) is 35.8 Å². The standard InChI is InChI=1S/C69H50O/c1-4-14-48(15-5-1)44-55(29-26-47-24-27-49(28-25-47)50-30-32-52(33-31-50)56-40-42-66-63(45-56)68-60-21-11-10-16-54(60)39-43-67(68)70-66)51-34-36-53(37-35-51)57-38-41-62-61-22-12-13-23-64(61)69(65(62)46-57,58-17-6-2-7-18-58)59-19-8-3-9-20-59/h1-25,27-28,30-43,45-46,55H,26,29,44H2. The third-order valence-corrected chi connectivity index (χ3v) is 15.1. The lowest BCUT2D eigenvalue weighted by Gasteiger charge is -2.34. The third-order valence-electron chi connectivity index (χ3n) is 15.1. The Bertz CT molecular complexity index is 3770. The van der Waals surface area contributed by atoms with Gasteiger partial charge < -0.3 is 4.42 Å². The minimum absolute atomic E-state index is 0.375. The number of hydrogen-bond acceptors (Lipinski definition) is 1. The first-order chi connectivity index (χ1) is 34.7. The Hall–Kier alpha value is -8.52. The Balaban J connectivity index is 0.756. The topological polar surface area (TPSA) is 13.1 Å². The summed E-state index contributed by atoms with van der Waals surface area (Å²) in [5, 5.41) is 4.79. The molecule has 12 aromatic rings. The Labute approximate surface area is 410 Å². The zero-order valence-electron chi connectivity index (χ0n) is 38.9. The van der Waals surface area contributed by atoms with Gasteiger partial charge in [-0.05, 0) is 144 Å². The molecule has 0 bridgehead atoms. The van der Waals surface area contributed by atoms with Gasteiger partial charge in [0.2, 0.25) is 0 Å². The van der Waals surface area contributed by atoms with Gasteiger partial charge in [-0.1, -0.05) is 237 Å². The van der Waals surface area contributed by atoms with Crippen molar-refractivity contribution in [2.75, 3.05) is 0 Å². The van der Waals surface area contributed by atoms with Crippen LogP contribution < -0.4 is 0 Å². The summed E-state index contributed by atoms with van der Waals surface area (Å²) in [5.41, 5.74) is 20.7. The van der Waals surface area contributed by atoms with Crippen molar-refractivity contribution in [3.8, 4) is 44.5 Å². The molecule has 1 aliphatic rings. The molecule has 1 aliphatic carbocycles. The summed E-state index contributed by atoms with van der Waals surface area (Å²) in [6.07, 6.45) is 3.06. The first-order valence-corrected chi connectivity index (χ1v) is 24.7. The lowest BCUT2D eigenvalue weighted by molar-refractivity contribution is 0.621. The van der Waals surface area contributed by atoms with Crippen molar-refractivity contribution >= 4 is 32.7 Å². The molecule has 1 unspecified atom stereocenters. The van der Waals surface area contributed by atoms with E-state index in [9.17, 15) is 0 Å². The lowest BCUT2D eigenvalue weighted by Crippen LogP contribution is -2.28. The molecule has 1 heteroatoms. The number of fused-ring (bicyclic) bond motifs is 8. The van der Waals surface area contributed by atoms with E-state index in [2.05, 4.69) is 261 Å². The molecular formula is C69H50O. The monoisotopic (exact) mass is 894 g/mol. The number of furan rings is 1. The number of benzene rings is 11. The molecule has 1 nitrogen and oxygen atoms in total. The van der Waals surface area contributed by atoms with Gasteiger partial charge in [0.1, 0.15) is 11.2 Å². The van der Waals surface area contributed by atoms with E-state index < -0.39 is 5.41 Å². The largest absolute Gasteiger partial charge is 0.456 e. The number of rotatable bonds is 11. The molecule has 0 spiro atoms. The molecule has 1 heterocycles. The second-order valence-electron chi connectivity index (χ2n) is 19.1. The molecule has 0 N–H and O–H groups in total. The normalized spacial score (nSPS) is 13.1. The van der Waals surface area contributed by atoms with E-state index >= 15 is 0 Å². The van der Waals surface area contributed by atoms with Crippen molar-refractivity contribution in [1.29, 1.82) is 0 Å². The van der Waals surface area contributed by atoms with E-state index in [4.69, 9.17) is 4.42 Å². The van der Waals surface area contributed by atoms with Crippen molar-refractivity contribution < 1.29 is 4.42 Å². The van der Waals surface area contributed by atoms with E-state index in [0.29, 0.717) is 5.92 Å². The molecule has 0 fully saturated rings. The molecule has 13 rings (SSSR count).